The molecule has 0 fully saturated rings. The third kappa shape index (κ3) is 1.30. The molecular weight excluding hydrogens is 204 g/mol. The first-order valence-electron chi connectivity index (χ1n) is 4.13. The molecule has 0 radical (unpaired) electrons. The van der Waals surface area contributed by atoms with Gasteiger partial charge in [-0.25, -0.2) is 0 Å². The second-order valence-electron chi connectivity index (χ2n) is 2.84. The molecule has 0 aliphatic heterocycles. The van der Waals surface area contributed by atoms with Crippen LogP contribution < -0.4 is 0 Å². The van der Waals surface area contributed by atoms with Crippen molar-refractivity contribution in [1.82, 2.24) is 0 Å². The number of aromatic hydroxyl groups is 1. The summed E-state index contributed by atoms with van der Waals surface area (Å²) >= 11 is 7.58. The summed E-state index contributed by atoms with van der Waals surface area (Å²) in [5.74, 6) is 0.355. The molecule has 0 amide bonds. The van der Waals surface area contributed by atoms with Crippen LogP contribution in [0.2, 0.25) is 5.02 Å². The van der Waals surface area contributed by atoms with Gasteiger partial charge in [0.25, 0.3) is 0 Å². The monoisotopic (exact) mass is 212 g/mol. The van der Waals surface area contributed by atoms with Gasteiger partial charge in [0, 0.05) is 9.58 Å². The zero-order chi connectivity index (χ0) is 9.42. The van der Waals surface area contributed by atoms with Crippen LogP contribution in [0.5, 0.6) is 5.75 Å². The molecule has 2 aromatic rings. The number of aryl methyl sites for hydroxylation is 1. The topological polar surface area (TPSA) is 20.2 Å². The van der Waals surface area contributed by atoms with Crippen LogP contribution in [0.4, 0.5) is 0 Å². The van der Waals surface area contributed by atoms with Gasteiger partial charge in [-0.2, -0.15) is 0 Å². The zero-order valence-corrected chi connectivity index (χ0v) is 8.75. The van der Waals surface area contributed by atoms with E-state index < -0.39 is 0 Å². The van der Waals surface area contributed by atoms with Gasteiger partial charge in [-0.3, -0.25) is 0 Å². The lowest BCUT2D eigenvalue weighted by atomic mass is 10.2. The second kappa shape index (κ2) is 3.20. The summed E-state index contributed by atoms with van der Waals surface area (Å²) in [6.07, 6.45) is 0.849. The van der Waals surface area contributed by atoms with Crippen molar-refractivity contribution in [3.8, 4) is 5.75 Å². The number of rotatable bonds is 1. The SMILES string of the molecule is CCc1sc2cccc(Cl)c2c1O. The van der Waals surface area contributed by atoms with Crippen molar-refractivity contribution in [3.05, 3.63) is 28.1 Å². The predicted octanol–water partition coefficient (Wildman–Crippen LogP) is 3.82. The molecule has 68 valence electrons. The number of thiophene rings is 1. The van der Waals surface area contributed by atoms with Gasteiger partial charge < -0.3 is 5.11 Å². The highest BCUT2D eigenvalue weighted by molar-refractivity contribution is 7.19. The molecule has 1 nitrogen and oxygen atoms in total. The molecule has 0 unspecified atom stereocenters. The summed E-state index contributed by atoms with van der Waals surface area (Å²) in [5.41, 5.74) is 0. The van der Waals surface area contributed by atoms with Crippen LogP contribution >= 0.6 is 22.9 Å². The number of hydrogen-bond acceptors (Lipinski definition) is 2. The first-order chi connectivity index (χ1) is 6.24. The Hall–Kier alpha value is -0.730. The minimum Gasteiger partial charge on any atom is -0.506 e. The summed E-state index contributed by atoms with van der Waals surface area (Å²) in [7, 11) is 0. The standard InChI is InChI=1S/C10H9ClOS/c1-2-7-10(12)9-6(11)4-3-5-8(9)13-7/h3-5,12H,2H2,1H3. The normalized spacial score (nSPS) is 10.9. The minimum atomic E-state index is 0.355. The van der Waals surface area contributed by atoms with Gasteiger partial charge in [0.1, 0.15) is 5.75 Å². The summed E-state index contributed by atoms with van der Waals surface area (Å²) in [6.45, 7) is 2.03. The quantitative estimate of drug-likeness (QED) is 0.762. The Bertz CT molecular complexity index is 447. The zero-order valence-electron chi connectivity index (χ0n) is 7.17. The molecular formula is C10H9ClOS. The third-order valence-corrected chi connectivity index (χ3v) is 3.63. The van der Waals surface area contributed by atoms with Gasteiger partial charge in [-0.15, -0.1) is 11.3 Å². The molecule has 0 bridgehead atoms. The molecule has 1 N–H and O–H groups in total. The molecule has 3 heteroatoms. The molecule has 1 heterocycles. The average Bonchev–Trinajstić information content (AvgIpc) is 2.44. The Morgan fingerprint density at radius 1 is 1.46 bits per heavy atom. The van der Waals surface area contributed by atoms with Crippen molar-refractivity contribution >= 4 is 33.0 Å². The Labute approximate surface area is 85.6 Å². The third-order valence-electron chi connectivity index (χ3n) is 2.03. The fourth-order valence-electron chi connectivity index (χ4n) is 1.38. The first kappa shape index (κ1) is 8.85. The molecule has 1 aromatic heterocycles. The van der Waals surface area contributed by atoms with E-state index in [1.54, 1.807) is 17.4 Å². The van der Waals surface area contributed by atoms with Crippen LogP contribution in [0.1, 0.15) is 11.8 Å². The predicted molar refractivity (Wildman–Crippen MR) is 57.9 cm³/mol. The Kier molecular flexibility index (Phi) is 2.18. The van der Waals surface area contributed by atoms with E-state index in [-0.39, 0.29) is 0 Å². The van der Waals surface area contributed by atoms with E-state index in [0.29, 0.717) is 10.8 Å². The van der Waals surface area contributed by atoms with Crippen molar-refractivity contribution < 1.29 is 5.11 Å². The number of fused-ring (bicyclic) bond motifs is 1. The van der Waals surface area contributed by atoms with Crippen molar-refractivity contribution in [2.24, 2.45) is 0 Å². The van der Waals surface area contributed by atoms with E-state index in [4.69, 9.17) is 11.6 Å². The van der Waals surface area contributed by atoms with Gasteiger partial charge in [-0.05, 0) is 18.6 Å². The molecule has 0 atom stereocenters. The molecule has 0 saturated heterocycles. The molecule has 1 aromatic carbocycles. The van der Waals surface area contributed by atoms with Crippen LogP contribution in [0, 0.1) is 0 Å². The second-order valence-corrected chi connectivity index (χ2v) is 4.38. The summed E-state index contributed by atoms with van der Waals surface area (Å²) in [6, 6.07) is 5.68. The van der Waals surface area contributed by atoms with Crippen LogP contribution in [0.25, 0.3) is 10.1 Å². The van der Waals surface area contributed by atoms with Crippen molar-refractivity contribution in [2.75, 3.05) is 0 Å². The van der Waals surface area contributed by atoms with Crippen molar-refractivity contribution in [2.45, 2.75) is 13.3 Å². The Morgan fingerprint density at radius 2 is 2.23 bits per heavy atom. The molecule has 0 saturated carbocycles. The smallest absolute Gasteiger partial charge is 0.138 e. The van der Waals surface area contributed by atoms with E-state index in [1.165, 1.54) is 0 Å². The molecule has 0 aliphatic rings. The first-order valence-corrected chi connectivity index (χ1v) is 5.32. The van der Waals surface area contributed by atoms with E-state index in [1.807, 2.05) is 19.1 Å². The number of hydrogen-bond donors (Lipinski definition) is 1. The van der Waals surface area contributed by atoms with Crippen LogP contribution in [-0.2, 0) is 6.42 Å². The summed E-state index contributed by atoms with van der Waals surface area (Å²) < 4.78 is 1.06. The van der Waals surface area contributed by atoms with E-state index in [9.17, 15) is 5.11 Å². The molecule has 0 spiro atoms. The average molecular weight is 213 g/mol. The molecule has 0 aliphatic carbocycles. The number of benzene rings is 1. The highest BCUT2D eigenvalue weighted by atomic mass is 35.5. The van der Waals surface area contributed by atoms with Crippen LogP contribution in [0.3, 0.4) is 0 Å². The lowest BCUT2D eigenvalue weighted by Gasteiger charge is -1.94. The maximum Gasteiger partial charge on any atom is 0.138 e. The van der Waals surface area contributed by atoms with Gasteiger partial charge in [0.2, 0.25) is 0 Å². The fraction of sp³-hybridized carbons (Fsp3) is 0.200. The maximum absolute atomic E-state index is 9.80. The molecule has 2 rings (SSSR count). The minimum absolute atomic E-state index is 0.355. The lowest BCUT2D eigenvalue weighted by Crippen LogP contribution is -1.71. The van der Waals surface area contributed by atoms with E-state index in [2.05, 4.69) is 0 Å². The highest BCUT2D eigenvalue weighted by Crippen LogP contribution is 2.40. The van der Waals surface area contributed by atoms with Crippen molar-refractivity contribution in [3.63, 3.8) is 0 Å². The Balaban J connectivity index is 2.85. The van der Waals surface area contributed by atoms with Gasteiger partial charge in [0.05, 0.1) is 10.4 Å². The summed E-state index contributed by atoms with van der Waals surface area (Å²) in [4.78, 5) is 1.00. The van der Waals surface area contributed by atoms with Crippen molar-refractivity contribution in [1.29, 1.82) is 0 Å². The largest absolute Gasteiger partial charge is 0.506 e. The van der Waals surface area contributed by atoms with Gasteiger partial charge >= 0.3 is 0 Å². The number of halogens is 1. The van der Waals surface area contributed by atoms with Crippen LogP contribution in [-0.4, -0.2) is 5.11 Å². The van der Waals surface area contributed by atoms with E-state index in [0.717, 1.165) is 21.4 Å². The van der Waals surface area contributed by atoms with E-state index >= 15 is 0 Å². The Morgan fingerprint density at radius 3 is 2.85 bits per heavy atom. The van der Waals surface area contributed by atoms with Gasteiger partial charge in [0.15, 0.2) is 0 Å². The maximum atomic E-state index is 9.80. The van der Waals surface area contributed by atoms with Gasteiger partial charge in [-0.1, -0.05) is 24.6 Å². The molecule has 13 heavy (non-hydrogen) atoms. The highest BCUT2D eigenvalue weighted by Gasteiger charge is 2.11. The fourth-order valence-corrected chi connectivity index (χ4v) is 2.76. The lowest BCUT2D eigenvalue weighted by molar-refractivity contribution is 0.478. The summed E-state index contributed by atoms with van der Waals surface area (Å²) in [5, 5.41) is 11.2. The van der Waals surface area contributed by atoms with Crippen LogP contribution in [0.15, 0.2) is 18.2 Å².